The molecule has 0 unspecified atom stereocenters. The molecule has 0 saturated heterocycles. The number of carbonyl (C=O) groups is 2. The summed E-state index contributed by atoms with van der Waals surface area (Å²) in [6.07, 6.45) is 2.08. The van der Waals surface area contributed by atoms with Gasteiger partial charge in [-0.1, -0.05) is 29.8 Å². The number of nitrogens with zero attached hydrogens (tertiary/aromatic N) is 2. The highest BCUT2D eigenvalue weighted by Crippen LogP contribution is 2.35. The molecular weight excluding hydrogens is 528 g/mol. The lowest BCUT2D eigenvalue weighted by Gasteiger charge is -2.27. The van der Waals surface area contributed by atoms with Crippen molar-refractivity contribution in [2.75, 3.05) is 33.8 Å². The molecule has 38 heavy (non-hydrogen) atoms. The van der Waals surface area contributed by atoms with Gasteiger partial charge in [-0.2, -0.15) is 0 Å². The van der Waals surface area contributed by atoms with E-state index in [0.717, 1.165) is 15.4 Å². The number of ether oxygens (including phenoxy) is 2. The Bertz CT molecular complexity index is 1270. The van der Waals surface area contributed by atoms with Gasteiger partial charge in [0.25, 0.3) is 0 Å². The lowest BCUT2D eigenvalue weighted by Crippen LogP contribution is -2.38. The van der Waals surface area contributed by atoms with E-state index in [4.69, 9.17) is 21.1 Å². The number of hydrogen-bond acceptors (Lipinski definition) is 6. The Labute approximate surface area is 230 Å². The summed E-state index contributed by atoms with van der Waals surface area (Å²) in [4.78, 5) is 27.6. The fraction of sp³-hybridized carbons (Fsp3) is 0.500. The van der Waals surface area contributed by atoms with Gasteiger partial charge >= 0.3 is 6.09 Å². The predicted octanol–water partition coefficient (Wildman–Crippen LogP) is 5.36. The van der Waals surface area contributed by atoms with Crippen LogP contribution in [0.15, 0.2) is 41.3 Å². The van der Waals surface area contributed by atoms with Crippen LogP contribution in [0.25, 0.3) is 0 Å². The van der Waals surface area contributed by atoms with Gasteiger partial charge in [-0.15, -0.1) is 0 Å². The Kier molecular flexibility index (Phi) is 9.84. The molecule has 1 amide bonds. The first-order chi connectivity index (χ1) is 17.8. The number of fused-ring (bicyclic) bond motifs is 1. The maximum Gasteiger partial charge on any atom is 0.410 e. The summed E-state index contributed by atoms with van der Waals surface area (Å²) in [6, 6.07) is 10.7. The van der Waals surface area contributed by atoms with Crippen LogP contribution in [0.4, 0.5) is 4.79 Å². The molecule has 1 heterocycles. The predicted molar refractivity (Wildman–Crippen MR) is 148 cm³/mol. The SMILES string of the molecule is CN(C)S(=O)(=O)c1cc(C(=O)CCCCN(CCc2ccccc2Cl)C(=O)OC(C)(C)C)cc2c1OCC2. The molecule has 0 bridgehead atoms. The summed E-state index contributed by atoms with van der Waals surface area (Å²) in [5.41, 5.74) is 1.41. The molecule has 2 aromatic rings. The first-order valence-corrected chi connectivity index (χ1v) is 14.6. The molecule has 208 valence electrons. The first-order valence-electron chi connectivity index (χ1n) is 12.8. The van der Waals surface area contributed by atoms with E-state index in [1.165, 1.54) is 20.2 Å². The third kappa shape index (κ3) is 7.71. The normalized spacial score (nSPS) is 13.2. The highest BCUT2D eigenvalue weighted by Gasteiger charge is 2.29. The third-order valence-corrected chi connectivity index (χ3v) is 8.36. The van der Waals surface area contributed by atoms with Crippen molar-refractivity contribution in [2.45, 2.75) is 63.4 Å². The standard InChI is InChI=1S/C28H37ClN2O6S/c1-28(2,3)37-27(33)31(16-13-20-10-6-7-11-23(20)29)15-9-8-12-24(32)22-18-21-14-17-36-26(21)25(19-22)38(34,35)30(4)5/h6-7,10-11,18-19H,8-9,12-17H2,1-5H3. The molecule has 0 aliphatic carbocycles. The van der Waals surface area contributed by atoms with Gasteiger partial charge < -0.3 is 14.4 Å². The third-order valence-electron chi connectivity index (χ3n) is 6.17. The largest absolute Gasteiger partial charge is 0.492 e. The van der Waals surface area contributed by atoms with Crippen LogP contribution in [0.2, 0.25) is 5.02 Å². The summed E-state index contributed by atoms with van der Waals surface area (Å²) >= 11 is 6.28. The molecule has 0 fully saturated rings. The topological polar surface area (TPSA) is 93.2 Å². The van der Waals surface area contributed by atoms with Crippen LogP contribution in [-0.4, -0.2) is 68.9 Å². The lowest BCUT2D eigenvalue weighted by molar-refractivity contribution is 0.0249. The molecule has 0 spiro atoms. The number of Topliss-reactive ketones (excluding diaryl/α,β-unsaturated/α-hetero) is 1. The Hall–Kier alpha value is -2.62. The number of amides is 1. The molecule has 8 nitrogen and oxygen atoms in total. The van der Waals surface area contributed by atoms with Crippen LogP contribution in [0, 0.1) is 0 Å². The van der Waals surface area contributed by atoms with Crippen molar-refractivity contribution in [1.29, 1.82) is 0 Å². The smallest absolute Gasteiger partial charge is 0.410 e. The highest BCUT2D eigenvalue weighted by atomic mass is 35.5. The van der Waals surface area contributed by atoms with Crippen molar-refractivity contribution in [3.63, 3.8) is 0 Å². The number of benzene rings is 2. The van der Waals surface area contributed by atoms with Crippen LogP contribution in [-0.2, 0) is 27.6 Å². The van der Waals surface area contributed by atoms with Crippen LogP contribution in [0.1, 0.15) is 61.5 Å². The van der Waals surface area contributed by atoms with Gasteiger partial charge in [0, 0.05) is 50.6 Å². The molecule has 1 aliphatic rings. The maximum atomic E-state index is 13.0. The fourth-order valence-electron chi connectivity index (χ4n) is 4.13. The summed E-state index contributed by atoms with van der Waals surface area (Å²) in [6.45, 7) is 6.71. The monoisotopic (exact) mass is 564 g/mol. The van der Waals surface area contributed by atoms with E-state index in [1.807, 2.05) is 45.0 Å². The average molecular weight is 565 g/mol. The van der Waals surface area contributed by atoms with Crippen molar-refractivity contribution in [1.82, 2.24) is 9.21 Å². The van der Waals surface area contributed by atoms with Crippen molar-refractivity contribution in [2.24, 2.45) is 0 Å². The maximum absolute atomic E-state index is 13.0. The molecule has 2 aromatic carbocycles. The number of hydrogen-bond donors (Lipinski definition) is 0. The molecule has 0 N–H and O–H groups in total. The molecule has 0 aromatic heterocycles. The Morgan fingerprint density at radius 3 is 2.45 bits per heavy atom. The Balaban J connectivity index is 1.65. The van der Waals surface area contributed by atoms with Gasteiger partial charge in [0.05, 0.1) is 6.61 Å². The molecule has 1 aliphatic heterocycles. The van der Waals surface area contributed by atoms with E-state index in [-0.39, 0.29) is 17.1 Å². The van der Waals surface area contributed by atoms with Crippen LogP contribution < -0.4 is 4.74 Å². The minimum Gasteiger partial charge on any atom is -0.492 e. The molecule has 10 heteroatoms. The molecular formula is C28H37ClN2O6S. The molecule has 0 saturated carbocycles. The van der Waals surface area contributed by atoms with Crippen molar-refractivity contribution < 1.29 is 27.5 Å². The number of sulfonamides is 1. The van der Waals surface area contributed by atoms with Gasteiger partial charge in [-0.3, -0.25) is 4.79 Å². The molecule has 3 rings (SSSR count). The highest BCUT2D eigenvalue weighted by molar-refractivity contribution is 7.89. The number of ketones is 1. The number of rotatable bonds is 11. The van der Waals surface area contributed by atoms with Gasteiger partial charge in [0.1, 0.15) is 16.2 Å². The summed E-state index contributed by atoms with van der Waals surface area (Å²) in [5, 5.41) is 0.651. The Morgan fingerprint density at radius 1 is 1.08 bits per heavy atom. The van der Waals surface area contributed by atoms with E-state index < -0.39 is 21.7 Å². The minimum atomic E-state index is -3.76. The second kappa shape index (κ2) is 12.5. The quantitative estimate of drug-likeness (QED) is 0.269. The second-order valence-electron chi connectivity index (χ2n) is 10.5. The van der Waals surface area contributed by atoms with E-state index in [1.54, 1.807) is 11.0 Å². The molecule has 0 radical (unpaired) electrons. The average Bonchev–Trinajstić information content (AvgIpc) is 3.31. The van der Waals surface area contributed by atoms with Gasteiger partial charge in [0.15, 0.2) is 5.78 Å². The van der Waals surface area contributed by atoms with Crippen molar-refractivity contribution >= 4 is 33.5 Å². The number of carbonyl (C=O) groups excluding carboxylic acids is 2. The van der Waals surface area contributed by atoms with Crippen LogP contribution in [0.5, 0.6) is 5.75 Å². The van der Waals surface area contributed by atoms with Crippen LogP contribution in [0.3, 0.4) is 0 Å². The fourth-order valence-corrected chi connectivity index (χ4v) is 5.46. The summed E-state index contributed by atoms with van der Waals surface area (Å²) < 4.78 is 37.9. The summed E-state index contributed by atoms with van der Waals surface area (Å²) in [5.74, 6) is 0.191. The van der Waals surface area contributed by atoms with E-state index in [9.17, 15) is 18.0 Å². The Morgan fingerprint density at radius 2 is 1.79 bits per heavy atom. The molecule has 0 atom stereocenters. The lowest BCUT2D eigenvalue weighted by atomic mass is 10.0. The first kappa shape index (κ1) is 29.9. The number of halogens is 1. The number of unbranched alkanes of at least 4 members (excludes halogenated alkanes) is 1. The minimum absolute atomic E-state index is 0.0246. The zero-order valence-electron chi connectivity index (χ0n) is 22.8. The van der Waals surface area contributed by atoms with Crippen molar-refractivity contribution in [3.05, 3.63) is 58.1 Å². The van der Waals surface area contributed by atoms with E-state index >= 15 is 0 Å². The zero-order valence-corrected chi connectivity index (χ0v) is 24.3. The van der Waals surface area contributed by atoms with E-state index in [0.29, 0.717) is 61.7 Å². The van der Waals surface area contributed by atoms with Gasteiger partial charge in [-0.05, 0) is 69.4 Å². The second-order valence-corrected chi connectivity index (χ2v) is 13.1. The van der Waals surface area contributed by atoms with Crippen LogP contribution >= 0.6 is 11.6 Å². The summed E-state index contributed by atoms with van der Waals surface area (Å²) in [7, 11) is -0.859. The van der Waals surface area contributed by atoms with Crippen molar-refractivity contribution in [3.8, 4) is 5.75 Å². The van der Waals surface area contributed by atoms with Gasteiger partial charge in [0.2, 0.25) is 10.0 Å². The van der Waals surface area contributed by atoms with E-state index in [2.05, 4.69) is 0 Å². The van der Waals surface area contributed by atoms with Gasteiger partial charge in [-0.25, -0.2) is 17.5 Å². The zero-order chi connectivity index (χ0) is 28.1.